The van der Waals surface area contributed by atoms with Crippen molar-refractivity contribution in [1.82, 2.24) is 6.15 Å². The van der Waals surface area contributed by atoms with Gasteiger partial charge in [-0.15, -0.1) is 0 Å². The third-order valence-corrected chi connectivity index (χ3v) is 0. The second-order valence-electron chi connectivity index (χ2n) is 0. The van der Waals surface area contributed by atoms with Crippen LogP contribution >= 0.6 is 0 Å². The molecule has 0 bridgehead atoms. The first-order chi connectivity index (χ1) is 0. The minimum absolute atomic E-state index is 0. The maximum Gasteiger partial charge on any atom is 0 e. The maximum absolute atomic E-state index is 0. The second kappa shape index (κ2) is 123. The van der Waals surface area contributed by atoms with E-state index < -0.39 is 0 Å². The Labute approximate surface area is 35.1 Å². The minimum Gasteiger partial charge on any atom is -0.412 e. The molecule has 0 saturated heterocycles. The van der Waals surface area contributed by atoms with Crippen molar-refractivity contribution in [2.75, 3.05) is 0 Å². The second-order valence-corrected chi connectivity index (χ2v) is 0. The molecule has 7 N–H and O–H groups in total. The summed E-state index contributed by atoms with van der Waals surface area (Å²) in [6.45, 7) is 0. The van der Waals surface area contributed by atoms with Crippen LogP contribution in [-0.2, 0) is 17.1 Å². The van der Waals surface area contributed by atoms with E-state index in [-0.39, 0.29) is 34.2 Å². The molecule has 0 unspecified atom stereocenters. The van der Waals surface area contributed by atoms with Gasteiger partial charge in [-0.2, -0.15) is 0 Å². The van der Waals surface area contributed by atoms with Crippen LogP contribution in [0.15, 0.2) is 0 Å². The molecule has 0 saturated carbocycles. The smallest absolute Gasteiger partial charge is 0 e. The molecule has 3 nitrogen and oxygen atoms in total. The molecule has 0 rings (SSSR count). The number of hydrogen-bond donors (Lipinski definition) is 1. The molecule has 0 fully saturated rings. The third-order valence-electron chi connectivity index (χ3n) is 0. The zero-order valence-corrected chi connectivity index (χ0v) is 3.16. The average molecular weight is 109 g/mol. The quantitative estimate of drug-likeness (QED) is 0.376. The van der Waals surface area contributed by atoms with Crippen LogP contribution < -0.4 is 6.15 Å². The Kier molecular flexibility index (Phi) is 9770. The average Bonchev–Trinajstić information content (AvgIpc) is 0. The minimum atomic E-state index is 0. The van der Waals surface area contributed by atoms with Crippen LogP contribution in [0.5, 0.6) is 0 Å². The summed E-state index contributed by atoms with van der Waals surface area (Å²) >= 11 is 0. The van der Waals surface area contributed by atoms with Gasteiger partial charge in [0.2, 0.25) is 0 Å². The van der Waals surface area contributed by atoms with Gasteiger partial charge in [0, 0.05) is 17.1 Å². The molecule has 0 aromatic carbocycles. The SMILES string of the molecule is N.O.O.[Fe]. The Morgan fingerprint density at radius 2 is 0.750 bits per heavy atom. The summed E-state index contributed by atoms with van der Waals surface area (Å²) in [6, 6.07) is 0. The van der Waals surface area contributed by atoms with Gasteiger partial charge in [-0.3, -0.25) is 0 Å². The summed E-state index contributed by atoms with van der Waals surface area (Å²) in [6.07, 6.45) is 0. The molecule has 0 radical (unpaired) electrons. The summed E-state index contributed by atoms with van der Waals surface area (Å²) < 4.78 is 0. The molecule has 0 amide bonds. The fourth-order valence-electron chi connectivity index (χ4n) is 0. The Morgan fingerprint density at radius 3 is 0.750 bits per heavy atom. The summed E-state index contributed by atoms with van der Waals surface area (Å²) in [7, 11) is 0. The van der Waals surface area contributed by atoms with Gasteiger partial charge in [-0.1, -0.05) is 0 Å². The Hall–Kier alpha value is 0.399. The van der Waals surface area contributed by atoms with Gasteiger partial charge in [-0.05, 0) is 0 Å². The van der Waals surface area contributed by atoms with Gasteiger partial charge in [0.25, 0.3) is 0 Å². The standard InChI is InChI=1S/Fe.H3N.2H2O/h;1H3;2*1H2. The third kappa shape index (κ3) is 29.4. The summed E-state index contributed by atoms with van der Waals surface area (Å²) in [4.78, 5) is 0. The van der Waals surface area contributed by atoms with Crippen LogP contribution in [0, 0.1) is 0 Å². The first-order valence-electron chi connectivity index (χ1n) is 0. The fourth-order valence-corrected chi connectivity index (χ4v) is 0. The molecule has 32 valence electrons. The fraction of sp³-hybridized carbons (Fsp3) is 0. The predicted octanol–water partition coefficient (Wildman–Crippen LogP) is -1.49. The molecule has 0 aromatic rings. The topological polar surface area (TPSA) is 98.0 Å². The summed E-state index contributed by atoms with van der Waals surface area (Å²) in [5.74, 6) is 0. The van der Waals surface area contributed by atoms with Gasteiger partial charge in [-0.25, -0.2) is 0 Å². The largest absolute Gasteiger partial charge is 0.412 e. The van der Waals surface area contributed by atoms with E-state index in [1.807, 2.05) is 0 Å². The van der Waals surface area contributed by atoms with Crippen molar-refractivity contribution in [1.29, 1.82) is 0 Å². The summed E-state index contributed by atoms with van der Waals surface area (Å²) in [5, 5.41) is 0. The van der Waals surface area contributed by atoms with Crippen molar-refractivity contribution in [3.63, 3.8) is 0 Å². The van der Waals surface area contributed by atoms with E-state index >= 15 is 0 Å². The van der Waals surface area contributed by atoms with Crippen molar-refractivity contribution in [2.45, 2.75) is 0 Å². The van der Waals surface area contributed by atoms with E-state index in [9.17, 15) is 0 Å². The van der Waals surface area contributed by atoms with Crippen LogP contribution in [0.1, 0.15) is 0 Å². The zero-order chi connectivity index (χ0) is 0. The van der Waals surface area contributed by atoms with Gasteiger partial charge >= 0.3 is 0 Å². The predicted molar refractivity (Wildman–Crippen MR) is 12.2 cm³/mol. The van der Waals surface area contributed by atoms with E-state index in [1.165, 1.54) is 0 Å². The van der Waals surface area contributed by atoms with Crippen molar-refractivity contribution in [3.8, 4) is 0 Å². The molecule has 0 aliphatic heterocycles. The Morgan fingerprint density at radius 1 is 0.750 bits per heavy atom. The van der Waals surface area contributed by atoms with E-state index in [4.69, 9.17) is 0 Å². The normalized spacial score (nSPS) is 0. The van der Waals surface area contributed by atoms with Crippen LogP contribution in [0.25, 0.3) is 0 Å². The molecule has 4 heavy (non-hydrogen) atoms. The Balaban J connectivity index is 0. The van der Waals surface area contributed by atoms with E-state index in [1.54, 1.807) is 0 Å². The van der Waals surface area contributed by atoms with Crippen LogP contribution in [0.3, 0.4) is 0 Å². The van der Waals surface area contributed by atoms with Crippen molar-refractivity contribution in [3.05, 3.63) is 0 Å². The first kappa shape index (κ1) is 319. The van der Waals surface area contributed by atoms with Gasteiger partial charge in [0.05, 0.1) is 0 Å². The molecule has 0 aliphatic rings. The van der Waals surface area contributed by atoms with E-state index in [0.29, 0.717) is 0 Å². The zero-order valence-electron chi connectivity index (χ0n) is 2.06. The maximum atomic E-state index is 0. The molecular formula is H7FeNO2. The van der Waals surface area contributed by atoms with E-state index in [0.717, 1.165) is 0 Å². The van der Waals surface area contributed by atoms with Crippen molar-refractivity contribution in [2.24, 2.45) is 0 Å². The summed E-state index contributed by atoms with van der Waals surface area (Å²) in [5.41, 5.74) is 0. The number of hydrogen-bond acceptors (Lipinski definition) is 1. The van der Waals surface area contributed by atoms with Crippen LogP contribution in [0.4, 0.5) is 0 Å². The van der Waals surface area contributed by atoms with Gasteiger partial charge in [0.15, 0.2) is 0 Å². The van der Waals surface area contributed by atoms with E-state index in [2.05, 4.69) is 0 Å². The molecule has 0 aromatic heterocycles. The monoisotopic (exact) mass is 109 g/mol. The van der Waals surface area contributed by atoms with Crippen LogP contribution in [-0.4, -0.2) is 11.0 Å². The molecule has 4 heteroatoms. The number of rotatable bonds is 0. The Bertz CT molecular complexity index is 6.00. The van der Waals surface area contributed by atoms with Gasteiger partial charge in [0.1, 0.15) is 0 Å². The first-order valence-corrected chi connectivity index (χ1v) is 0. The van der Waals surface area contributed by atoms with Crippen molar-refractivity contribution < 1.29 is 28.0 Å². The van der Waals surface area contributed by atoms with Crippen LogP contribution in [0.2, 0.25) is 0 Å². The molecule has 0 spiro atoms. The molecular weight excluding hydrogens is 102 g/mol. The molecule has 0 heterocycles. The molecule has 0 atom stereocenters. The van der Waals surface area contributed by atoms with Gasteiger partial charge < -0.3 is 17.1 Å². The van der Waals surface area contributed by atoms with Crippen molar-refractivity contribution >= 4 is 0 Å². The molecule has 0 aliphatic carbocycles.